The molecule has 1 aromatic carbocycles. The van der Waals surface area contributed by atoms with Gasteiger partial charge in [0.05, 0.1) is 11.8 Å². The molecule has 0 saturated heterocycles. The van der Waals surface area contributed by atoms with Gasteiger partial charge in [-0.2, -0.15) is 0 Å². The zero-order chi connectivity index (χ0) is 16.1. The summed E-state index contributed by atoms with van der Waals surface area (Å²) >= 11 is 7.00. The SMILES string of the molecule is CC[C@@H](C)[C@@H](N)c1nnc(SCC(=O)c2ccc(Cl)cc2)o1. The van der Waals surface area contributed by atoms with Crippen LogP contribution in [0, 0.1) is 5.92 Å². The number of nitrogens with zero attached hydrogens (tertiary/aromatic N) is 2. The Morgan fingerprint density at radius 2 is 2.05 bits per heavy atom. The van der Waals surface area contributed by atoms with Crippen LogP contribution in [0.3, 0.4) is 0 Å². The van der Waals surface area contributed by atoms with Crippen LogP contribution in [-0.4, -0.2) is 21.7 Å². The molecule has 0 unspecified atom stereocenters. The Labute approximate surface area is 138 Å². The molecule has 2 N–H and O–H groups in total. The molecule has 1 heterocycles. The molecule has 0 aliphatic rings. The number of rotatable bonds is 7. The van der Waals surface area contributed by atoms with E-state index in [-0.39, 0.29) is 23.5 Å². The molecule has 0 amide bonds. The lowest BCUT2D eigenvalue weighted by Gasteiger charge is -2.13. The summed E-state index contributed by atoms with van der Waals surface area (Å²) in [5, 5.41) is 8.84. The molecule has 0 spiro atoms. The lowest BCUT2D eigenvalue weighted by Crippen LogP contribution is -2.18. The summed E-state index contributed by atoms with van der Waals surface area (Å²) in [4.78, 5) is 12.0. The summed E-state index contributed by atoms with van der Waals surface area (Å²) in [6.45, 7) is 4.09. The van der Waals surface area contributed by atoms with Crippen molar-refractivity contribution in [1.29, 1.82) is 0 Å². The van der Waals surface area contributed by atoms with Crippen molar-refractivity contribution in [2.75, 3.05) is 5.75 Å². The predicted molar refractivity (Wildman–Crippen MR) is 87.2 cm³/mol. The summed E-state index contributed by atoms with van der Waals surface area (Å²) in [6.07, 6.45) is 0.932. The number of halogens is 1. The second-order valence-electron chi connectivity index (χ2n) is 5.04. The molecular weight excluding hydrogens is 322 g/mol. The summed E-state index contributed by atoms with van der Waals surface area (Å²) in [5.41, 5.74) is 6.64. The van der Waals surface area contributed by atoms with Crippen molar-refractivity contribution in [3.05, 3.63) is 40.7 Å². The fourth-order valence-corrected chi connectivity index (χ4v) is 2.55. The van der Waals surface area contributed by atoms with E-state index in [9.17, 15) is 4.79 Å². The summed E-state index contributed by atoms with van der Waals surface area (Å²) in [5.74, 6) is 0.874. The van der Waals surface area contributed by atoms with E-state index in [4.69, 9.17) is 21.8 Å². The van der Waals surface area contributed by atoms with Crippen molar-refractivity contribution < 1.29 is 9.21 Å². The number of carbonyl (C=O) groups excluding carboxylic acids is 1. The third-order valence-corrected chi connectivity index (χ3v) is 4.53. The lowest BCUT2D eigenvalue weighted by molar-refractivity contribution is 0.102. The molecule has 118 valence electrons. The average molecular weight is 340 g/mol. The number of aromatic nitrogens is 2. The second kappa shape index (κ2) is 7.76. The molecule has 7 heteroatoms. The third-order valence-electron chi connectivity index (χ3n) is 3.46. The monoisotopic (exact) mass is 339 g/mol. The molecule has 0 aliphatic heterocycles. The van der Waals surface area contributed by atoms with Crippen LogP contribution in [0.25, 0.3) is 0 Å². The minimum absolute atomic E-state index is 0.0207. The highest BCUT2D eigenvalue weighted by Gasteiger charge is 2.20. The first-order valence-electron chi connectivity index (χ1n) is 7.01. The van der Waals surface area contributed by atoms with Crippen molar-refractivity contribution in [2.24, 2.45) is 11.7 Å². The first kappa shape index (κ1) is 17.0. The van der Waals surface area contributed by atoms with Crippen LogP contribution < -0.4 is 5.73 Å². The number of hydrogen-bond acceptors (Lipinski definition) is 6. The molecule has 2 aromatic rings. The van der Waals surface area contributed by atoms with Gasteiger partial charge in [0, 0.05) is 10.6 Å². The molecule has 1 aromatic heterocycles. The van der Waals surface area contributed by atoms with Crippen LogP contribution in [0.1, 0.15) is 42.6 Å². The van der Waals surface area contributed by atoms with E-state index in [2.05, 4.69) is 17.1 Å². The third kappa shape index (κ3) is 4.32. The zero-order valence-electron chi connectivity index (χ0n) is 12.5. The molecule has 5 nitrogen and oxygen atoms in total. The second-order valence-corrected chi connectivity index (χ2v) is 6.40. The van der Waals surface area contributed by atoms with Crippen LogP contribution in [0.2, 0.25) is 5.02 Å². The van der Waals surface area contributed by atoms with E-state index in [1.54, 1.807) is 24.3 Å². The molecule has 0 radical (unpaired) electrons. The predicted octanol–water partition coefficient (Wildman–Crippen LogP) is 3.74. The van der Waals surface area contributed by atoms with Crippen molar-refractivity contribution >= 4 is 29.1 Å². The number of hydrogen-bond donors (Lipinski definition) is 1. The maximum absolute atomic E-state index is 12.0. The lowest BCUT2D eigenvalue weighted by atomic mass is 10.0. The highest BCUT2D eigenvalue weighted by atomic mass is 35.5. The van der Waals surface area contributed by atoms with Crippen molar-refractivity contribution in [1.82, 2.24) is 10.2 Å². The van der Waals surface area contributed by atoms with Gasteiger partial charge in [0.1, 0.15) is 0 Å². The van der Waals surface area contributed by atoms with E-state index in [0.29, 0.717) is 21.7 Å². The van der Waals surface area contributed by atoms with Crippen LogP contribution in [0.4, 0.5) is 0 Å². The van der Waals surface area contributed by atoms with Crippen LogP contribution in [0.15, 0.2) is 33.9 Å². The minimum atomic E-state index is -0.279. The van der Waals surface area contributed by atoms with E-state index < -0.39 is 0 Å². The van der Waals surface area contributed by atoms with E-state index in [0.717, 1.165) is 6.42 Å². The molecule has 0 aliphatic carbocycles. The van der Waals surface area contributed by atoms with Gasteiger partial charge in [0.25, 0.3) is 5.22 Å². The van der Waals surface area contributed by atoms with Gasteiger partial charge in [-0.1, -0.05) is 43.6 Å². The standard InChI is InChI=1S/C15H18ClN3O2S/c1-3-9(2)13(17)14-18-19-15(21-14)22-8-12(20)10-4-6-11(16)7-5-10/h4-7,9,13H,3,8,17H2,1-2H3/t9-,13-/m1/s1. The first-order valence-corrected chi connectivity index (χ1v) is 8.38. The van der Waals surface area contributed by atoms with Gasteiger partial charge in [0.2, 0.25) is 5.89 Å². The van der Waals surface area contributed by atoms with Crippen LogP contribution >= 0.6 is 23.4 Å². The Morgan fingerprint density at radius 1 is 1.36 bits per heavy atom. The van der Waals surface area contributed by atoms with Crippen LogP contribution in [-0.2, 0) is 0 Å². The number of thioether (sulfide) groups is 1. The van der Waals surface area contributed by atoms with Crippen molar-refractivity contribution in [3.63, 3.8) is 0 Å². The Hall–Kier alpha value is -1.37. The highest BCUT2D eigenvalue weighted by molar-refractivity contribution is 7.99. The van der Waals surface area contributed by atoms with Crippen molar-refractivity contribution in [3.8, 4) is 0 Å². The maximum Gasteiger partial charge on any atom is 0.277 e. The van der Waals surface area contributed by atoms with Gasteiger partial charge in [-0.05, 0) is 30.2 Å². The Morgan fingerprint density at radius 3 is 2.68 bits per heavy atom. The van der Waals surface area contributed by atoms with Gasteiger partial charge >= 0.3 is 0 Å². The van der Waals surface area contributed by atoms with Gasteiger partial charge in [-0.3, -0.25) is 4.79 Å². The molecule has 0 fully saturated rings. The number of nitrogens with two attached hydrogens (primary N) is 1. The largest absolute Gasteiger partial charge is 0.414 e. The van der Waals surface area contributed by atoms with Crippen molar-refractivity contribution in [2.45, 2.75) is 31.5 Å². The van der Waals surface area contributed by atoms with Crippen LogP contribution in [0.5, 0.6) is 0 Å². The van der Waals surface area contributed by atoms with Gasteiger partial charge in [-0.15, -0.1) is 10.2 Å². The number of Topliss-reactive ketones (excluding diaryl/α,β-unsaturated/α-hetero) is 1. The van der Waals surface area contributed by atoms with E-state index in [1.165, 1.54) is 11.8 Å². The fraction of sp³-hybridized carbons (Fsp3) is 0.400. The van der Waals surface area contributed by atoms with Gasteiger partial charge in [0.15, 0.2) is 5.78 Å². The smallest absolute Gasteiger partial charge is 0.277 e. The molecule has 2 rings (SSSR count). The molecule has 22 heavy (non-hydrogen) atoms. The molecular formula is C15H18ClN3O2S. The van der Waals surface area contributed by atoms with Gasteiger partial charge in [-0.25, -0.2) is 0 Å². The fourth-order valence-electron chi connectivity index (χ4n) is 1.76. The number of benzene rings is 1. The quantitative estimate of drug-likeness (QED) is 0.611. The Kier molecular flexibility index (Phi) is 5.99. The average Bonchev–Trinajstić information content (AvgIpc) is 3.00. The minimum Gasteiger partial charge on any atom is -0.414 e. The zero-order valence-corrected chi connectivity index (χ0v) is 14.0. The van der Waals surface area contributed by atoms with E-state index >= 15 is 0 Å². The Bertz CT molecular complexity index is 630. The van der Waals surface area contributed by atoms with Gasteiger partial charge < -0.3 is 10.2 Å². The number of carbonyl (C=O) groups is 1. The topological polar surface area (TPSA) is 82.0 Å². The summed E-state index contributed by atoms with van der Waals surface area (Å²) in [7, 11) is 0. The Balaban J connectivity index is 1.93. The summed E-state index contributed by atoms with van der Waals surface area (Å²) in [6, 6.07) is 6.50. The molecule has 2 atom stereocenters. The summed E-state index contributed by atoms with van der Waals surface area (Å²) < 4.78 is 5.52. The normalized spacial score (nSPS) is 13.8. The number of ketones is 1. The highest BCUT2D eigenvalue weighted by Crippen LogP contribution is 2.24. The first-order chi connectivity index (χ1) is 10.5. The van der Waals surface area contributed by atoms with E-state index in [1.807, 2.05) is 6.92 Å². The molecule has 0 bridgehead atoms. The maximum atomic E-state index is 12.0. The molecule has 0 saturated carbocycles.